The van der Waals surface area contributed by atoms with Gasteiger partial charge in [-0.2, -0.15) is 0 Å². The number of carbonyl (C=O) groups excluding carboxylic acids is 1. The van der Waals surface area contributed by atoms with Crippen LogP contribution in [0.1, 0.15) is 18.7 Å². The molecule has 1 heterocycles. The first-order valence-corrected chi connectivity index (χ1v) is 5.76. The summed E-state index contributed by atoms with van der Waals surface area (Å²) in [6.45, 7) is 4.48. The van der Waals surface area contributed by atoms with Gasteiger partial charge in [-0.3, -0.25) is 4.79 Å². The summed E-state index contributed by atoms with van der Waals surface area (Å²) in [6.07, 6.45) is 0.483. The minimum atomic E-state index is 0.206. The fourth-order valence-corrected chi connectivity index (χ4v) is 2.14. The predicted octanol–water partition coefficient (Wildman–Crippen LogP) is 2.51. The maximum atomic E-state index is 11.4. The van der Waals surface area contributed by atoms with E-state index >= 15 is 0 Å². The van der Waals surface area contributed by atoms with Crippen LogP contribution in [0.3, 0.4) is 0 Å². The van der Waals surface area contributed by atoms with Crippen LogP contribution in [0, 0.1) is 0 Å². The fraction of sp³-hybridized carbons (Fsp3) is 0.500. The zero-order chi connectivity index (χ0) is 10.6. The zero-order valence-corrected chi connectivity index (χ0v) is 9.91. The van der Waals surface area contributed by atoms with Crippen molar-refractivity contribution in [1.29, 1.82) is 0 Å². The molecule has 0 saturated heterocycles. The smallest absolute Gasteiger partial charge is 0.151 e. The first kappa shape index (κ1) is 11.7. The van der Waals surface area contributed by atoms with Gasteiger partial charge in [0.2, 0.25) is 0 Å². The lowest BCUT2D eigenvalue weighted by molar-refractivity contribution is -0.117. The van der Waals surface area contributed by atoms with Gasteiger partial charge >= 0.3 is 0 Å². The van der Waals surface area contributed by atoms with Crippen LogP contribution in [-0.2, 0) is 11.2 Å². The van der Waals surface area contributed by atoms with Crippen molar-refractivity contribution in [2.75, 3.05) is 6.54 Å². The second kappa shape index (κ2) is 5.49. The molecule has 1 rings (SSSR count). The van der Waals surface area contributed by atoms with Crippen molar-refractivity contribution in [3.8, 4) is 0 Å². The molecular formula is C10H14ClNOS. The van der Waals surface area contributed by atoms with Crippen LogP contribution in [0.25, 0.3) is 0 Å². The Kier molecular flexibility index (Phi) is 4.58. The SMILES string of the molecule is CC(C)NCC(=O)Cc1ccc(Cl)s1. The van der Waals surface area contributed by atoms with Crippen molar-refractivity contribution in [3.05, 3.63) is 21.3 Å². The molecule has 0 amide bonds. The van der Waals surface area contributed by atoms with Crippen molar-refractivity contribution in [1.82, 2.24) is 5.32 Å². The Morgan fingerprint density at radius 2 is 2.29 bits per heavy atom. The quantitative estimate of drug-likeness (QED) is 0.844. The van der Waals surface area contributed by atoms with Gasteiger partial charge in [0.25, 0.3) is 0 Å². The number of ketones is 1. The first-order chi connectivity index (χ1) is 6.58. The lowest BCUT2D eigenvalue weighted by atomic mass is 10.2. The molecule has 0 unspecified atom stereocenters. The van der Waals surface area contributed by atoms with E-state index in [4.69, 9.17) is 11.6 Å². The summed E-state index contributed by atoms with van der Waals surface area (Å²) in [6, 6.07) is 4.08. The Morgan fingerprint density at radius 1 is 1.57 bits per heavy atom. The third kappa shape index (κ3) is 4.22. The van der Waals surface area contributed by atoms with Gasteiger partial charge in [0.15, 0.2) is 5.78 Å². The van der Waals surface area contributed by atoms with Gasteiger partial charge in [0, 0.05) is 17.3 Å². The van der Waals surface area contributed by atoms with Gasteiger partial charge in [0.05, 0.1) is 10.9 Å². The highest BCUT2D eigenvalue weighted by Crippen LogP contribution is 2.21. The number of rotatable bonds is 5. The average Bonchev–Trinajstić information content (AvgIpc) is 2.48. The van der Waals surface area contributed by atoms with E-state index in [0.29, 0.717) is 19.0 Å². The molecule has 1 aromatic heterocycles. The summed E-state index contributed by atoms with van der Waals surface area (Å²) in [5.74, 6) is 0.206. The summed E-state index contributed by atoms with van der Waals surface area (Å²) in [7, 11) is 0. The Labute approximate surface area is 93.3 Å². The third-order valence-electron chi connectivity index (χ3n) is 1.71. The van der Waals surface area contributed by atoms with Crippen LogP contribution < -0.4 is 5.32 Å². The minimum Gasteiger partial charge on any atom is -0.308 e. The van der Waals surface area contributed by atoms with Crippen molar-refractivity contribution in [2.24, 2.45) is 0 Å². The maximum Gasteiger partial charge on any atom is 0.151 e. The van der Waals surface area contributed by atoms with Crippen molar-refractivity contribution in [2.45, 2.75) is 26.3 Å². The highest BCUT2D eigenvalue weighted by molar-refractivity contribution is 7.16. The molecule has 0 bridgehead atoms. The molecule has 0 radical (unpaired) electrons. The number of thiophene rings is 1. The van der Waals surface area contributed by atoms with E-state index in [-0.39, 0.29) is 5.78 Å². The predicted molar refractivity (Wildman–Crippen MR) is 61.2 cm³/mol. The standard InChI is InChI=1S/C10H14ClNOS/c1-7(2)12-6-8(13)5-9-3-4-10(11)14-9/h3-4,7,12H,5-6H2,1-2H3. The molecule has 78 valence electrons. The van der Waals surface area contributed by atoms with Gasteiger partial charge in [-0.15, -0.1) is 11.3 Å². The van der Waals surface area contributed by atoms with Crippen molar-refractivity contribution < 1.29 is 4.79 Å². The van der Waals surface area contributed by atoms with E-state index < -0.39 is 0 Å². The van der Waals surface area contributed by atoms with Gasteiger partial charge < -0.3 is 5.32 Å². The number of carbonyl (C=O) groups is 1. The maximum absolute atomic E-state index is 11.4. The molecule has 0 aliphatic carbocycles. The third-order valence-corrected chi connectivity index (χ3v) is 2.94. The molecule has 0 fully saturated rings. The number of hydrogen-bond acceptors (Lipinski definition) is 3. The van der Waals surface area contributed by atoms with Gasteiger partial charge in [0.1, 0.15) is 0 Å². The molecule has 2 nitrogen and oxygen atoms in total. The molecular weight excluding hydrogens is 218 g/mol. The summed E-state index contributed by atoms with van der Waals surface area (Å²) in [4.78, 5) is 12.5. The van der Waals surface area contributed by atoms with Gasteiger partial charge in [-0.25, -0.2) is 0 Å². The molecule has 1 aromatic rings. The summed E-state index contributed by atoms with van der Waals surface area (Å²) < 4.78 is 0.740. The summed E-state index contributed by atoms with van der Waals surface area (Å²) in [5, 5.41) is 3.09. The molecule has 0 aromatic carbocycles. The topological polar surface area (TPSA) is 29.1 Å². The highest BCUT2D eigenvalue weighted by atomic mass is 35.5. The second-order valence-corrected chi connectivity index (χ2v) is 5.26. The number of halogens is 1. The molecule has 14 heavy (non-hydrogen) atoms. The molecule has 1 N–H and O–H groups in total. The Morgan fingerprint density at radius 3 is 2.79 bits per heavy atom. The zero-order valence-electron chi connectivity index (χ0n) is 8.34. The average molecular weight is 232 g/mol. The van der Waals surface area contributed by atoms with Crippen LogP contribution >= 0.6 is 22.9 Å². The van der Waals surface area contributed by atoms with Crippen LogP contribution in [0.5, 0.6) is 0 Å². The van der Waals surface area contributed by atoms with Crippen LogP contribution in [0.4, 0.5) is 0 Å². The minimum absolute atomic E-state index is 0.206. The van der Waals surface area contributed by atoms with Crippen LogP contribution in [0.2, 0.25) is 4.34 Å². The van der Waals surface area contributed by atoms with Crippen molar-refractivity contribution in [3.63, 3.8) is 0 Å². The molecule has 0 atom stereocenters. The lowest BCUT2D eigenvalue weighted by Crippen LogP contribution is -2.29. The van der Waals surface area contributed by atoms with E-state index in [1.807, 2.05) is 26.0 Å². The summed E-state index contributed by atoms with van der Waals surface area (Å²) >= 11 is 7.23. The number of hydrogen-bond donors (Lipinski definition) is 1. The monoisotopic (exact) mass is 231 g/mol. The molecule has 0 saturated carbocycles. The Bertz CT molecular complexity index is 309. The normalized spacial score (nSPS) is 10.9. The number of Topliss-reactive ketones (excluding diaryl/α,β-unsaturated/α-hetero) is 1. The molecule has 0 spiro atoms. The van der Waals surface area contributed by atoms with E-state index in [1.54, 1.807) is 0 Å². The molecule has 0 aliphatic heterocycles. The fourth-order valence-electron chi connectivity index (χ4n) is 1.02. The van der Waals surface area contributed by atoms with Crippen LogP contribution in [0.15, 0.2) is 12.1 Å². The van der Waals surface area contributed by atoms with E-state index in [2.05, 4.69) is 5.32 Å². The summed E-state index contributed by atoms with van der Waals surface area (Å²) in [5.41, 5.74) is 0. The largest absolute Gasteiger partial charge is 0.308 e. The number of nitrogens with one attached hydrogen (secondary N) is 1. The molecule has 0 aliphatic rings. The lowest BCUT2D eigenvalue weighted by Gasteiger charge is -2.05. The van der Waals surface area contributed by atoms with Gasteiger partial charge in [-0.1, -0.05) is 25.4 Å². The Balaban J connectivity index is 2.34. The van der Waals surface area contributed by atoms with Crippen molar-refractivity contribution >= 4 is 28.7 Å². The second-order valence-electron chi connectivity index (χ2n) is 3.46. The highest BCUT2D eigenvalue weighted by Gasteiger charge is 2.06. The Hall–Kier alpha value is -0.380. The van der Waals surface area contributed by atoms with E-state index in [0.717, 1.165) is 9.21 Å². The van der Waals surface area contributed by atoms with E-state index in [1.165, 1.54) is 11.3 Å². The molecule has 4 heteroatoms. The van der Waals surface area contributed by atoms with Gasteiger partial charge in [-0.05, 0) is 12.1 Å². The van der Waals surface area contributed by atoms with Crippen LogP contribution in [-0.4, -0.2) is 18.4 Å². The van der Waals surface area contributed by atoms with E-state index in [9.17, 15) is 4.79 Å². The first-order valence-electron chi connectivity index (χ1n) is 4.57.